The molecule has 1 aromatic rings. The number of hydrogen-bond acceptors (Lipinski definition) is 6. The first-order valence-electron chi connectivity index (χ1n) is 10.0. The van der Waals surface area contributed by atoms with E-state index in [2.05, 4.69) is 0 Å². The molecule has 0 atom stereocenters. The van der Waals surface area contributed by atoms with E-state index in [9.17, 15) is 19.7 Å². The molecule has 0 aliphatic heterocycles. The number of carbonyl (C=O) groups is 2. The van der Waals surface area contributed by atoms with E-state index in [1.54, 1.807) is 6.92 Å². The minimum atomic E-state index is -0.718. The number of ether oxygens (including phenoxy) is 2. The van der Waals surface area contributed by atoms with Crippen LogP contribution in [0.15, 0.2) is 18.2 Å². The van der Waals surface area contributed by atoms with E-state index in [0.29, 0.717) is 17.8 Å². The summed E-state index contributed by atoms with van der Waals surface area (Å²) in [7, 11) is 0. The normalized spacial score (nSPS) is 30.1. The van der Waals surface area contributed by atoms with Crippen molar-refractivity contribution in [2.45, 2.75) is 45.4 Å². The molecule has 4 aliphatic carbocycles. The van der Waals surface area contributed by atoms with Crippen LogP contribution in [0.25, 0.3) is 0 Å². The Morgan fingerprint density at radius 3 is 2.29 bits per heavy atom. The van der Waals surface area contributed by atoms with Gasteiger partial charge in [0.2, 0.25) is 0 Å². The molecule has 4 bridgehead atoms. The molecule has 28 heavy (non-hydrogen) atoms. The summed E-state index contributed by atoms with van der Waals surface area (Å²) in [5.41, 5.74) is -0.558. The van der Waals surface area contributed by atoms with Crippen LogP contribution in [0.2, 0.25) is 0 Å². The van der Waals surface area contributed by atoms with Gasteiger partial charge in [0.25, 0.3) is 0 Å². The maximum absolute atomic E-state index is 12.9. The SMILES string of the molecule is CCOc1ccc(C(=O)OCC(=O)C23CC4CC(CC(C4)C2)C3)cc1[N+](=O)[O-]. The number of rotatable bonds is 7. The van der Waals surface area contributed by atoms with Crippen molar-refractivity contribution in [1.29, 1.82) is 0 Å². The van der Waals surface area contributed by atoms with Crippen molar-refractivity contribution in [1.82, 2.24) is 0 Å². The zero-order chi connectivity index (χ0) is 19.9. The largest absolute Gasteiger partial charge is 0.487 e. The van der Waals surface area contributed by atoms with E-state index in [-0.39, 0.29) is 41.4 Å². The highest BCUT2D eigenvalue weighted by atomic mass is 16.6. The summed E-state index contributed by atoms with van der Waals surface area (Å²) in [6.07, 6.45) is 6.48. The summed E-state index contributed by atoms with van der Waals surface area (Å²) >= 11 is 0. The maximum atomic E-state index is 12.9. The lowest BCUT2D eigenvalue weighted by molar-refractivity contribution is -0.385. The van der Waals surface area contributed by atoms with Gasteiger partial charge in [-0.25, -0.2) is 4.79 Å². The van der Waals surface area contributed by atoms with Gasteiger partial charge in [-0.05, 0) is 75.3 Å². The molecular formula is C21H25NO6. The quantitative estimate of drug-likeness (QED) is 0.399. The Bertz CT molecular complexity index is 782. The molecule has 0 N–H and O–H groups in total. The van der Waals surface area contributed by atoms with E-state index in [1.165, 1.54) is 31.4 Å². The summed E-state index contributed by atoms with van der Waals surface area (Å²) in [4.78, 5) is 35.9. The number of hydrogen-bond donors (Lipinski definition) is 0. The lowest BCUT2D eigenvalue weighted by Crippen LogP contribution is -2.51. The number of nitro benzene ring substituents is 1. The predicted molar refractivity (Wildman–Crippen MR) is 100 cm³/mol. The first kappa shape index (κ1) is 18.9. The predicted octanol–water partition coefficient (Wildman–Crippen LogP) is 3.94. The average molecular weight is 387 g/mol. The van der Waals surface area contributed by atoms with Crippen LogP contribution < -0.4 is 4.74 Å². The van der Waals surface area contributed by atoms with Gasteiger partial charge in [0.15, 0.2) is 18.1 Å². The number of esters is 1. The van der Waals surface area contributed by atoms with Crippen LogP contribution in [0.1, 0.15) is 55.8 Å². The van der Waals surface area contributed by atoms with Gasteiger partial charge < -0.3 is 9.47 Å². The van der Waals surface area contributed by atoms with Gasteiger partial charge in [-0.15, -0.1) is 0 Å². The highest BCUT2D eigenvalue weighted by Crippen LogP contribution is 2.60. The van der Waals surface area contributed by atoms with Crippen LogP contribution in [0.5, 0.6) is 5.75 Å². The van der Waals surface area contributed by atoms with Crippen molar-refractivity contribution >= 4 is 17.4 Å². The van der Waals surface area contributed by atoms with Crippen molar-refractivity contribution in [2.75, 3.05) is 13.2 Å². The van der Waals surface area contributed by atoms with E-state index in [4.69, 9.17) is 9.47 Å². The minimum absolute atomic E-state index is 0.0142. The standard InChI is InChI=1S/C21H25NO6/c1-2-27-18-4-3-16(8-17(18)22(25)26)20(24)28-12-19(23)21-9-13-5-14(10-21)7-15(6-13)11-21/h3-4,8,13-15H,2,5-7,9-12H2,1H3. The van der Waals surface area contributed by atoms with E-state index in [0.717, 1.165) is 25.3 Å². The molecule has 0 amide bonds. The number of nitro groups is 1. The lowest BCUT2D eigenvalue weighted by atomic mass is 9.48. The Morgan fingerprint density at radius 2 is 1.75 bits per heavy atom. The van der Waals surface area contributed by atoms with Crippen LogP contribution in [0.3, 0.4) is 0 Å². The fraction of sp³-hybridized carbons (Fsp3) is 0.619. The molecule has 0 heterocycles. The van der Waals surface area contributed by atoms with E-state index >= 15 is 0 Å². The average Bonchev–Trinajstić information content (AvgIpc) is 2.65. The molecule has 0 spiro atoms. The third-order valence-electron chi connectivity index (χ3n) is 6.66. The van der Waals surface area contributed by atoms with Gasteiger partial charge in [0.1, 0.15) is 0 Å². The molecule has 4 saturated carbocycles. The van der Waals surface area contributed by atoms with Gasteiger partial charge in [-0.2, -0.15) is 0 Å². The summed E-state index contributed by atoms with van der Waals surface area (Å²) in [6, 6.07) is 3.96. The number of ketones is 1. The van der Waals surface area contributed by atoms with Crippen molar-refractivity contribution in [2.24, 2.45) is 23.2 Å². The monoisotopic (exact) mass is 387 g/mol. The maximum Gasteiger partial charge on any atom is 0.338 e. The zero-order valence-electron chi connectivity index (χ0n) is 16.0. The van der Waals surface area contributed by atoms with Crippen LogP contribution in [-0.4, -0.2) is 29.9 Å². The highest BCUT2D eigenvalue weighted by molar-refractivity contribution is 5.94. The van der Waals surface area contributed by atoms with Crippen LogP contribution in [0.4, 0.5) is 5.69 Å². The Balaban J connectivity index is 1.42. The van der Waals surface area contributed by atoms with E-state index in [1.807, 2.05) is 0 Å². The number of carbonyl (C=O) groups excluding carboxylic acids is 2. The smallest absolute Gasteiger partial charge is 0.338 e. The van der Waals surface area contributed by atoms with Crippen LogP contribution in [0, 0.1) is 33.3 Å². The summed E-state index contributed by atoms with van der Waals surface area (Å²) < 4.78 is 10.5. The molecule has 0 unspecified atom stereocenters. The molecule has 0 aromatic heterocycles. The molecule has 4 fully saturated rings. The van der Waals surface area contributed by atoms with Gasteiger partial charge in [-0.3, -0.25) is 14.9 Å². The number of benzene rings is 1. The molecule has 7 nitrogen and oxygen atoms in total. The van der Waals surface area contributed by atoms with Crippen molar-refractivity contribution in [3.05, 3.63) is 33.9 Å². The lowest BCUT2D eigenvalue weighted by Gasteiger charge is -2.55. The molecule has 5 rings (SSSR count). The van der Waals surface area contributed by atoms with Crippen LogP contribution >= 0.6 is 0 Å². The zero-order valence-corrected chi connectivity index (χ0v) is 16.0. The fourth-order valence-electron chi connectivity index (χ4n) is 5.88. The molecular weight excluding hydrogens is 362 g/mol. The van der Waals surface area contributed by atoms with Crippen molar-refractivity contribution in [3.8, 4) is 5.75 Å². The minimum Gasteiger partial charge on any atom is -0.487 e. The number of Topliss-reactive ketones (excluding diaryl/α,β-unsaturated/α-hetero) is 1. The molecule has 4 aliphatic rings. The Kier molecular flexibility index (Phi) is 4.85. The van der Waals surface area contributed by atoms with Crippen molar-refractivity contribution in [3.63, 3.8) is 0 Å². The third-order valence-corrected chi connectivity index (χ3v) is 6.66. The number of nitrogens with zero attached hydrogens (tertiary/aromatic N) is 1. The van der Waals surface area contributed by atoms with E-state index < -0.39 is 10.9 Å². The molecule has 0 saturated heterocycles. The third kappa shape index (κ3) is 3.38. The highest BCUT2D eigenvalue weighted by Gasteiger charge is 2.54. The Labute approximate surface area is 163 Å². The second-order valence-electron chi connectivity index (χ2n) is 8.57. The molecule has 7 heteroatoms. The Hall–Kier alpha value is -2.44. The first-order valence-corrected chi connectivity index (χ1v) is 10.0. The first-order chi connectivity index (χ1) is 13.4. The Morgan fingerprint density at radius 1 is 1.14 bits per heavy atom. The molecule has 150 valence electrons. The fourth-order valence-corrected chi connectivity index (χ4v) is 5.88. The summed E-state index contributed by atoms with van der Waals surface area (Å²) in [6.45, 7) is 1.75. The summed E-state index contributed by atoms with van der Waals surface area (Å²) in [5.74, 6) is 1.32. The van der Waals surface area contributed by atoms with Gasteiger partial charge >= 0.3 is 11.7 Å². The van der Waals surface area contributed by atoms with Crippen LogP contribution in [-0.2, 0) is 9.53 Å². The molecule has 1 aromatic carbocycles. The summed E-state index contributed by atoms with van der Waals surface area (Å²) in [5, 5.41) is 11.2. The topological polar surface area (TPSA) is 95.7 Å². The molecule has 0 radical (unpaired) electrons. The van der Waals surface area contributed by atoms with Crippen molar-refractivity contribution < 1.29 is 24.0 Å². The second kappa shape index (κ2) is 7.18. The van der Waals surface area contributed by atoms with Gasteiger partial charge in [0, 0.05) is 11.5 Å². The van der Waals surface area contributed by atoms with Gasteiger partial charge in [0.05, 0.1) is 17.1 Å². The van der Waals surface area contributed by atoms with Gasteiger partial charge in [-0.1, -0.05) is 0 Å². The second-order valence-corrected chi connectivity index (χ2v) is 8.57.